The maximum Gasteiger partial charge on any atom is 0.417 e. The van der Waals surface area contributed by atoms with E-state index < -0.39 is 28.7 Å². The molecule has 1 amide bonds. The number of hydrazine groups is 1. The Morgan fingerprint density at radius 2 is 1.86 bits per heavy atom. The van der Waals surface area contributed by atoms with Crippen LogP contribution in [0.2, 0.25) is 0 Å². The summed E-state index contributed by atoms with van der Waals surface area (Å²) in [5.41, 5.74) is 5.34. The van der Waals surface area contributed by atoms with Crippen LogP contribution in [0.25, 0.3) is 5.70 Å². The molecule has 1 saturated heterocycles. The van der Waals surface area contributed by atoms with Crippen molar-refractivity contribution in [3.63, 3.8) is 0 Å². The highest BCUT2D eigenvalue weighted by molar-refractivity contribution is 7.80. The smallest absolute Gasteiger partial charge is 0.397 e. The van der Waals surface area contributed by atoms with Gasteiger partial charge in [0, 0.05) is 19.3 Å². The van der Waals surface area contributed by atoms with Crippen LogP contribution in [0.5, 0.6) is 0 Å². The third-order valence-electron chi connectivity index (χ3n) is 5.81. The zero-order valence-corrected chi connectivity index (χ0v) is 20.2. The fourth-order valence-electron chi connectivity index (χ4n) is 3.66. The first-order valence-corrected chi connectivity index (χ1v) is 11.1. The maximum absolute atomic E-state index is 13.5. The number of amides is 1. The molecule has 11 heteroatoms. The summed E-state index contributed by atoms with van der Waals surface area (Å²) in [6.45, 7) is 6.05. The number of hydrogen-bond acceptors (Lipinski definition) is 6. The fourth-order valence-corrected chi connectivity index (χ4v) is 4.14. The number of carbonyl (C=O) groups is 1. The molecule has 0 atom stereocenters. The van der Waals surface area contributed by atoms with Crippen molar-refractivity contribution in [1.82, 2.24) is 9.91 Å². The Labute approximate surface area is 207 Å². The topological polar surface area (TPSA) is 103 Å². The number of nitriles is 1. The number of rotatable bonds is 6. The molecule has 1 fully saturated rings. The molecule has 0 bridgehead atoms. The summed E-state index contributed by atoms with van der Waals surface area (Å²) in [5, 5.41) is 10.6. The summed E-state index contributed by atoms with van der Waals surface area (Å²) in [4.78, 5) is 16.0. The Morgan fingerprint density at radius 1 is 1.23 bits per heavy atom. The van der Waals surface area contributed by atoms with E-state index in [2.05, 4.69) is 0 Å². The number of hydrogen-bond donors (Lipinski definition) is 2. The van der Waals surface area contributed by atoms with Crippen LogP contribution in [0, 0.1) is 11.3 Å². The Bertz CT molecular complexity index is 1220. The average Bonchev–Trinajstić information content (AvgIpc) is 2.97. The minimum absolute atomic E-state index is 0.0441. The molecule has 0 aromatic heterocycles. The zero-order valence-electron chi connectivity index (χ0n) is 19.4. The molecule has 184 valence electrons. The molecule has 0 saturated carbocycles. The number of alkyl halides is 3. The van der Waals surface area contributed by atoms with Crippen molar-refractivity contribution in [2.75, 3.05) is 11.4 Å². The number of carbonyl (C=O) groups excluding carboxylic acids is 1. The highest BCUT2D eigenvalue weighted by atomic mass is 32.1. The number of anilines is 1. The van der Waals surface area contributed by atoms with E-state index in [4.69, 9.17) is 29.1 Å². The molecule has 0 spiro atoms. The van der Waals surface area contributed by atoms with Gasteiger partial charge in [0.2, 0.25) is 0 Å². The normalized spacial score (nSPS) is 16.0. The van der Waals surface area contributed by atoms with Gasteiger partial charge in [-0.1, -0.05) is 24.3 Å². The van der Waals surface area contributed by atoms with E-state index in [0.29, 0.717) is 12.2 Å². The van der Waals surface area contributed by atoms with Gasteiger partial charge in [-0.05, 0) is 62.3 Å². The molecule has 1 heterocycles. The molecule has 0 aliphatic carbocycles. The van der Waals surface area contributed by atoms with Gasteiger partial charge in [-0.25, -0.2) is 5.84 Å². The second-order valence-electron chi connectivity index (χ2n) is 8.52. The average molecular weight is 503 g/mol. The van der Waals surface area contributed by atoms with Crippen LogP contribution < -0.4 is 16.5 Å². The maximum atomic E-state index is 13.5. The van der Waals surface area contributed by atoms with E-state index in [1.165, 1.54) is 17.1 Å². The van der Waals surface area contributed by atoms with E-state index in [9.17, 15) is 18.0 Å². The molecule has 4 N–H and O–H groups in total. The molecule has 2 aromatic carbocycles. The summed E-state index contributed by atoms with van der Waals surface area (Å²) >= 11 is 5.53. The Hall–Kier alpha value is -3.62. The van der Waals surface area contributed by atoms with Crippen molar-refractivity contribution in [2.24, 2.45) is 11.6 Å². The van der Waals surface area contributed by atoms with Crippen LogP contribution in [-0.4, -0.2) is 33.0 Å². The molecular formula is C24H25F3N6OS. The summed E-state index contributed by atoms with van der Waals surface area (Å²) in [6, 6.07) is 11.9. The minimum atomic E-state index is -4.75. The van der Waals surface area contributed by atoms with Gasteiger partial charge in [0.05, 0.1) is 28.6 Å². The number of nitrogens with zero attached hydrogens (tertiary/aromatic N) is 4. The monoisotopic (exact) mass is 502 g/mol. The first-order valence-electron chi connectivity index (χ1n) is 10.7. The van der Waals surface area contributed by atoms with Crippen molar-refractivity contribution in [1.29, 1.82) is 5.26 Å². The Kier molecular flexibility index (Phi) is 7.10. The molecule has 0 radical (unpaired) electrons. The van der Waals surface area contributed by atoms with Crippen LogP contribution in [0.1, 0.15) is 43.0 Å². The lowest BCUT2D eigenvalue weighted by Gasteiger charge is -2.29. The standard InChI is InChI=1S/C24H25F3N6OS/c1-4-31(30)14-20(29)16-7-5-15(6-8-16)13-32-22(35)33(21(34)23(32,2)3)18-10-9-17(12-28)19(11-18)24(25,26)27/h5-11,14H,4,13,29-30H2,1-3H3/b20-14-. The molecule has 0 unspecified atom stereocenters. The van der Waals surface area contributed by atoms with E-state index in [1.807, 2.05) is 31.2 Å². The lowest BCUT2D eigenvalue weighted by molar-refractivity contribution is -0.137. The van der Waals surface area contributed by atoms with Crippen molar-refractivity contribution < 1.29 is 18.0 Å². The van der Waals surface area contributed by atoms with Gasteiger partial charge in [-0.3, -0.25) is 9.69 Å². The van der Waals surface area contributed by atoms with Gasteiger partial charge in [0.25, 0.3) is 5.91 Å². The first kappa shape index (κ1) is 26.0. The van der Waals surface area contributed by atoms with Crippen LogP contribution >= 0.6 is 12.2 Å². The quantitative estimate of drug-likeness (QED) is 0.350. The van der Waals surface area contributed by atoms with Gasteiger partial charge in [-0.2, -0.15) is 18.4 Å². The second-order valence-corrected chi connectivity index (χ2v) is 8.88. The Balaban J connectivity index is 1.90. The predicted molar refractivity (Wildman–Crippen MR) is 131 cm³/mol. The van der Waals surface area contributed by atoms with Gasteiger partial charge < -0.3 is 15.6 Å². The van der Waals surface area contributed by atoms with E-state index >= 15 is 0 Å². The second kappa shape index (κ2) is 9.56. The van der Waals surface area contributed by atoms with Crippen molar-refractivity contribution in [3.05, 3.63) is 70.9 Å². The molecule has 7 nitrogen and oxygen atoms in total. The highest BCUT2D eigenvalue weighted by Crippen LogP contribution is 2.38. The number of halogens is 3. The lowest BCUT2D eigenvalue weighted by atomic mass is 10.0. The first-order chi connectivity index (χ1) is 16.3. The molecular weight excluding hydrogens is 477 g/mol. The Morgan fingerprint density at radius 3 is 2.40 bits per heavy atom. The number of benzene rings is 2. The molecule has 35 heavy (non-hydrogen) atoms. The highest BCUT2D eigenvalue weighted by Gasteiger charge is 2.49. The largest absolute Gasteiger partial charge is 0.417 e. The van der Waals surface area contributed by atoms with Gasteiger partial charge in [0.1, 0.15) is 5.54 Å². The van der Waals surface area contributed by atoms with E-state index in [1.54, 1.807) is 24.9 Å². The van der Waals surface area contributed by atoms with Crippen LogP contribution in [0.3, 0.4) is 0 Å². The summed E-state index contributed by atoms with van der Waals surface area (Å²) in [7, 11) is 0. The summed E-state index contributed by atoms with van der Waals surface area (Å²) < 4.78 is 40.4. The predicted octanol–water partition coefficient (Wildman–Crippen LogP) is 3.94. The fraction of sp³-hybridized carbons (Fsp3) is 0.292. The van der Waals surface area contributed by atoms with Gasteiger partial charge in [-0.15, -0.1) is 0 Å². The SMILES string of the molecule is CCN(N)/C=C(\N)c1ccc(CN2C(=S)N(c3ccc(C#N)c(C(F)(F)F)c3)C(=O)C2(C)C)cc1. The van der Waals surface area contributed by atoms with Gasteiger partial charge in [0.15, 0.2) is 5.11 Å². The summed E-state index contributed by atoms with van der Waals surface area (Å²) in [5.74, 6) is 5.29. The molecule has 1 aliphatic rings. The van der Waals surface area contributed by atoms with Gasteiger partial charge >= 0.3 is 6.18 Å². The van der Waals surface area contributed by atoms with Crippen LogP contribution in [0.4, 0.5) is 18.9 Å². The van der Waals surface area contributed by atoms with Crippen LogP contribution in [-0.2, 0) is 17.5 Å². The number of nitrogens with two attached hydrogens (primary N) is 2. The van der Waals surface area contributed by atoms with Crippen molar-refractivity contribution in [2.45, 2.75) is 39.0 Å². The third-order valence-corrected chi connectivity index (χ3v) is 6.21. The molecule has 3 rings (SSSR count). The number of thiocarbonyl (C=S) groups is 1. The van der Waals surface area contributed by atoms with E-state index in [-0.39, 0.29) is 17.3 Å². The third kappa shape index (κ3) is 5.08. The molecule has 2 aromatic rings. The molecule has 1 aliphatic heterocycles. The zero-order chi connectivity index (χ0) is 26.1. The van der Waals surface area contributed by atoms with Crippen molar-refractivity contribution >= 4 is 34.6 Å². The lowest BCUT2D eigenvalue weighted by Crippen LogP contribution is -2.43. The summed E-state index contributed by atoms with van der Waals surface area (Å²) in [6.07, 6.45) is -3.13. The van der Waals surface area contributed by atoms with Crippen LogP contribution in [0.15, 0.2) is 48.7 Å². The van der Waals surface area contributed by atoms with E-state index in [0.717, 1.165) is 28.2 Å². The minimum Gasteiger partial charge on any atom is -0.397 e. The van der Waals surface area contributed by atoms with Crippen molar-refractivity contribution in [3.8, 4) is 6.07 Å².